The van der Waals surface area contributed by atoms with E-state index in [4.69, 9.17) is 9.47 Å². The van der Waals surface area contributed by atoms with E-state index in [1.807, 2.05) is 0 Å². The number of halogens is 2. The number of unbranched alkanes of at least 4 members (excludes halogenated alkanes) is 8. The van der Waals surface area contributed by atoms with Crippen molar-refractivity contribution in [3.05, 3.63) is 0 Å². The average molecular weight is 622 g/mol. The Balaban J connectivity index is 3.45. The van der Waals surface area contributed by atoms with Crippen LogP contribution in [0, 0.1) is 0 Å². The third-order valence-electron chi connectivity index (χ3n) is 4.72. The first-order valence-electron chi connectivity index (χ1n) is 11.1. The number of carbonyl (C=O) groups excluding carboxylic acids is 2. The van der Waals surface area contributed by atoms with Gasteiger partial charge < -0.3 is 9.47 Å². The summed E-state index contributed by atoms with van der Waals surface area (Å²) < 4.78 is 13.0. The molecule has 0 aliphatic carbocycles. The summed E-state index contributed by atoms with van der Waals surface area (Å²) in [5.41, 5.74) is 0. The first kappa shape index (κ1) is 28.4. The molecule has 0 aromatic heterocycles. The molecule has 1 atom stereocenters. The maximum absolute atomic E-state index is 11.8. The average Bonchev–Trinajstić information content (AvgIpc) is 2.68. The molecule has 4 nitrogen and oxygen atoms in total. The minimum atomic E-state index is -0.0407. The first-order valence-corrected chi connectivity index (χ1v) is 14.2. The molecule has 0 fully saturated rings. The highest BCUT2D eigenvalue weighted by Gasteiger charge is 2.12. The van der Waals surface area contributed by atoms with Crippen molar-refractivity contribution in [2.24, 2.45) is 0 Å². The molecule has 0 N–H and O–H groups in total. The maximum atomic E-state index is 11.8. The Morgan fingerprint density at radius 2 is 1.25 bits per heavy atom. The lowest BCUT2D eigenvalue weighted by molar-refractivity contribution is -0.149. The fourth-order valence-electron chi connectivity index (χ4n) is 2.93. The van der Waals surface area contributed by atoms with Crippen LogP contribution in [0.5, 0.6) is 0 Å². The summed E-state index contributed by atoms with van der Waals surface area (Å²) in [4.78, 5) is 23.3. The van der Waals surface area contributed by atoms with E-state index in [-0.39, 0.29) is 18.0 Å². The van der Waals surface area contributed by atoms with Gasteiger partial charge in [0.05, 0.1) is 6.61 Å². The zero-order valence-corrected chi connectivity index (χ0v) is 22.0. The second-order valence-corrected chi connectivity index (χ2v) is 9.45. The molecule has 28 heavy (non-hydrogen) atoms. The SMILES string of the molecule is CCC(CCCCCCCCCOC(=O)CCCCI)OC(=O)CCCCI. The Labute approximate surface area is 199 Å². The molecular formula is C22H40I2O4. The number of alkyl halides is 2. The Morgan fingerprint density at radius 3 is 1.82 bits per heavy atom. The van der Waals surface area contributed by atoms with Crippen molar-refractivity contribution in [3.63, 3.8) is 0 Å². The van der Waals surface area contributed by atoms with E-state index in [1.165, 1.54) is 25.7 Å². The van der Waals surface area contributed by atoms with E-state index in [1.54, 1.807) is 0 Å². The molecular weight excluding hydrogens is 582 g/mol. The number of esters is 2. The molecule has 0 rings (SSSR count). The van der Waals surface area contributed by atoms with Gasteiger partial charge in [0, 0.05) is 12.8 Å². The topological polar surface area (TPSA) is 52.6 Å². The van der Waals surface area contributed by atoms with E-state index >= 15 is 0 Å². The fourth-order valence-corrected chi connectivity index (χ4v) is 4.01. The predicted molar refractivity (Wildman–Crippen MR) is 134 cm³/mol. The van der Waals surface area contributed by atoms with Crippen molar-refractivity contribution in [3.8, 4) is 0 Å². The van der Waals surface area contributed by atoms with Crippen LogP contribution >= 0.6 is 45.2 Å². The Bertz CT molecular complexity index is 378. The number of hydrogen-bond donors (Lipinski definition) is 0. The zero-order valence-electron chi connectivity index (χ0n) is 17.7. The van der Waals surface area contributed by atoms with E-state index in [0.717, 1.165) is 66.6 Å². The number of rotatable bonds is 20. The van der Waals surface area contributed by atoms with E-state index in [2.05, 4.69) is 52.1 Å². The largest absolute Gasteiger partial charge is 0.466 e. The summed E-state index contributed by atoms with van der Waals surface area (Å²) >= 11 is 4.67. The van der Waals surface area contributed by atoms with Crippen LogP contribution in [-0.4, -0.2) is 33.5 Å². The van der Waals surface area contributed by atoms with Crippen molar-refractivity contribution < 1.29 is 19.1 Å². The van der Waals surface area contributed by atoms with Crippen LogP contribution in [0.1, 0.15) is 103 Å². The number of ether oxygens (including phenoxy) is 2. The minimum absolute atomic E-state index is 0.0256. The van der Waals surface area contributed by atoms with Gasteiger partial charge in [0.2, 0.25) is 0 Å². The summed E-state index contributed by atoms with van der Waals surface area (Å²) in [7, 11) is 0. The second kappa shape index (κ2) is 22.1. The van der Waals surface area contributed by atoms with Crippen LogP contribution in [-0.2, 0) is 19.1 Å². The molecule has 0 aromatic rings. The quantitative estimate of drug-likeness (QED) is 0.0625. The molecule has 0 heterocycles. The van der Waals surface area contributed by atoms with Gasteiger partial charge in [-0.1, -0.05) is 84.2 Å². The summed E-state index contributed by atoms with van der Waals surface area (Å²) in [5.74, 6) is -0.0663. The predicted octanol–water partition coefficient (Wildman–Crippen LogP) is 7.18. The van der Waals surface area contributed by atoms with Gasteiger partial charge in [0.1, 0.15) is 6.10 Å². The van der Waals surface area contributed by atoms with Crippen molar-refractivity contribution in [1.82, 2.24) is 0 Å². The molecule has 0 saturated carbocycles. The Hall–Kier alpha value is 0.400. The lowest BCUT2D eigenvalue weighted by Gasteiger charge is -2.16. The molecule has 1 unspecified atom stereocenters. The highest BCUT2D eigenvalue weighted by molar-refractivity contribution is 14.1. The lowest BCUT2D eigenvalue weighted by Crippen LogP contribution is -2.17. The van der Waals surface area contributed by atoms with Crippen molar-refractivity contribution >= 4 is 57.1 Å². The molecule has 0 bridgehead atoms. The molecule has 0 aromatic carbocycles. The fraction of sp³-hybridized carbons (Fsp3) is 0.909. The van der Waals surface area contributed by atoms with Crippen LogP contribution < -0.4 is 0 Å². The van der Waals surface area contributed by atoms with Crippen LogP contribution in [0.4, 0.5) is 0 Å². The molecule has 0 saturated heterocycles. The molecule has 0 spiro atoms. The smallest absolute Gasteiger partial charge is 0.306 e. The maximum Gasteiger partial charge on any atom is 0.306 e. The Kier molecular flexibility index (Phi) is 22.4. The van der Waals surface area contributed by atoms with E-state index < -0.39 is 0 Å². The van der Waals surface area contributed by atoms with Crippen LogP contribution in [0.3, 0.4) is 0 Å². The summed E-state index contributed by atoms with van der Waals surface area (Å²) in [6, 6.07) is 0. The van der Waals surface area contributed by atoms with Crippen molar-refractivity contribution in [1.29, 1.82) is 0 Å². The van der Waals surface area contributed by atoms with Gasteiger partial charge in [-0.2, -0.15) is 0 Å². The van der Waals surface area contributed by atoms with Crippen LogP contribution in [0.2, 0.25) is 0 Å². The molecule has 0 amide bonds. The summed E-state index contributed by atoms with van der Waals surface area (Å²) in [6.45, 7) is 2.67. The molecule has 0 aliphatic heterocycles. The van der Waals surface area contributed by atoms with E-state index in [9.17, 15) is 9.59 Å². The number of carbonyl (C=O) groups is 2. The summed E-state index contributed by atoms with van der Waals surface area (Å²) in [6.07, 6.45) is 15.3. The standard InChI is InChI=1S/C22H40I2O4/c1-2-20(28-22(26)16-10-12-18-24)14-8-6-4-3-5-7-13-19-27-21(25)15-9-11-17-23/h20H,2-19H2,1H3. The first-order chi connectivity index (χ1) is 13.6. The van der Waals surface area contributed by atoms with Gasteiger partial charge in [0.15, 0.2) is 0 Å². The van der Waals surface area contributed by atoms with Crippen LogP contribution in [0.25, 0.3) is 0 Å². The van der Waals surface area contributed by atoms with Crippen molar-refractivity contribution in [2.45, 2.75) is 109 Å². The van der Waals surface area contributed by atoms with Gasteiger partial charge >= 0.3 is 11.9 Å². The highest BCUT2D eigenvalue weighted by atomic mass is 127. The van der Waals surface area contributed by atoms with Crippen molar-refractivity contribution in [2.75, 3.05) is 15.5 Å². The minimum Gasteiger partial charge on any atom is -0.466 e. The van der Waals surface area contributed by atoms with Gasteiger partial charge in [-0.25, -0.2) is 0 Å². The monoisotopic (exact) mass is 622 g/mol. The third-order valence-corrected chi connectivity index (χ3v) is 6.24. The van der Waals surface area contributed by atoms with Crippen LogP contribution in [0.15, 0.2) is 0 Å². The number of hydrogen-bond acceptors (Lipinski definition) is 4. The van der Waals surface area contributed by atoms with Gasteiger partial charge in [-0.15, -0.1) is 0 Å². The Morgan fingerprint density at radius 1 is 0.714 bits per heavy atom. The molecule has 166 valence electrons. The summed E-state index contributed by atoms with van der Waals surface area (Å²) in [5, 5.41) is 0. The van der Waals surface area contributed by atoms with Gasteiger partial charge in [-0.3, -0.25) is 9.59 Å². The molecule has 0 radical (unpaired) electrons. The second-order valence-electron chi connectivity index (χ2n) is 7.30. The van der Waals surface area contributed by atoms with Gasteiger partial charge in [-0.05, 0) is 60.2 Å². The molecule has 6 heteroatoms. The third kappa shape index (κ3) is 19.7. The van der Waals surface area contributed by atoms with E-state index in [0.29, 0.717) is 19.4 Å². The van der Waals surface area contributed by atoms with Gasteiger partial charge in [0.25, 0.3) is 0 Å². The lowest BCUT2D eigenvalue weighted by atomic mass is 10.1. The zero-order chi connectivity index (χ0) is 20.9. The molecule has 0 aliphatic rings. The highest BCUT2D eigenvalue weighted by Crippen LogP contribution is 2.14. The normalized spacial score (nSPS) is 12.0.